The molecule has 154 valence electrons. The summed E-state index contributed by atoms with van der Waals surface area (Å²) in [5, 5.41) is 5.45. The Hall–Kier alpha value is -2.49. The van der Waals surface area contributed by atoms with E-state index in [-0.39, 0.29) is 22.9 Å². The molecule has 2 atom stereocenters. The van der Waals surface area contributed by atoms with E-state index in [1.807, 2.05) is 6.07 Å². The molecule has 0 bridgehead atoms. The van der Waals surface area contributed by atoms with Gasteiger partial charge < -0.3 is 15.4 Å². The third kappa shape index (κ3) is 4.42. The second-order valence-corrected chi connectivity index (χ2v) is 9.18. The summed E-state index contributed by atoms with van der Waals surface area (Å²) in [5.74, 6) is 0.289. The molecule has 2 aliphatic rings. The zero-order valence-electron chi connectivity index (χ0n) is 16.0. The molecule has 2 aromatic rings. The lowest BCUT2D eigenvalue weighted by Gasteiger charge is -2.40. The first kappa shape index (κ1) is 19.8. The predicted octanol–water partition coefficient (Wildman–Crippen LogP) is 2.20. The quantitative estimate of drug-likeness (QED) is 0.778. The first-order chi connectivity index (χ1) is 14.0. The number of rotatable bonds is 5. The number of anilines is 1. The van der Waals surface area contributed by atoms with Crippen LogP contribution in [-0.2, 0) is 21.3 Å². The molecule has 1 aromatic heterocycles. The van der Waals surface area contributed by atoms with Gasteiger partial charge in [0.25, 0.3) is 0 Å². The van der Waals surface area contributed by atoms with E-state index in [1.54, 1.807) is 34.9 Å². The Labute approximate surface area is 170 Å². The van der Waals surface area contributed by atoms with Crippen LogP contribution in [0.4, 0.5) is 10.5 Å². The van der Waals surface area contributed by atoms with Crippen molar-refractivity contribution in [3.63, 3.8) is 0 Å². The van der Waals surface area contributed by atoms with Crippen LogP contribution in [0, 0.1) is 5.92 Å². The molecule has 1 aliphatic carbocycles. The normalized spacial score (nSPS) is 22.1. The molecule has 0 spiro atoms. The number of aromatic nitrogens is 1. The second-order valence-electron chi connectivity index (χ2n) is 7.29. The molecule has 1 saturated heterocycles. The summed E-state index contributed by atoms with van der Waals surface area (Å²) < 4.78 is 33.3. The number of sulfonamides is 1. The topological polar surface area (TPSA) is 101 Å². The lowest BCUT2D eigenvalue weighted by molar-refractivity contribution is 0.0773. The fourth-order valence-electron chi connectivity index (χ4n) is 3.68. The van der Waals surface area contributed by atoms with Crippen LogP contribution in [0.25, 0.3) is 0 Å². The fraction of sp³-hybridized carbons (Fsp3) is 0.400. The maximum absolute atomic E-state index is 13.1. The van der Waals surface area contributed by atoms with E-state index in [1.165, 1.54) is 12.1 Å². The molecule has 8 nitrogen and oxygen atoms in total. The lowest BCUT2D eigenvalue weighted by atomic mass is 9.80. The van der Waals surface area contributed by atoms with Gasteiger partial charge in [-0.2, -0.15) is 4.31 Å². The van der Waals surface area contributed by atoms with Crippen LogP contribution in [0.15, 0.2) is 53.7 Å². The van der Waals surface area contributed by atoms with Gasteiger partial charge >= 0.3 is 6.03 Å². The summed E-state index contributed by atoms with van der Waals surface area (Å²) in [4.78, 5) is 16.3. The van der Waals surface area contributed by atoms with E-state index in [2.05, 4.69) is 15.6 Å². The number of amides is 2. The number of carbonyl (C=O) groups excluding carboxylic acids is 1. The van der Waals surface area contributed by atoms with Crippen molar-refractivity contribution >= 4 is 21.7 Å². The summed E-state index contributed by atoms with van der Waals surface area (Å²) in [6, 6.07) is 9.59. The van der Waals surface area contributed by atoms with E-state index in [0.717, 1.165) is 18.4 Å². The van der Waals surface area contributed by atoms with Gasteiger partial charge in [0.1, 0.15) is 0 Å². The average Bonchev–Trinajstić information content (AvgIpc) is 2.86. The highest BCUT2D eigenvalue weighted by molar-refractivity contribution is 7.89. The van der Waals surface area contributed by atoms with Gasteiger partial charge in [-0.25, -0.2) is 13.2 Å². The SMILES string of the molecule is O=C(NCc1cccnc1)Nc1ccc(S(=O)(=O)N2CCOCC3CCC32)cc1. The number of ether oxygens (including phenoxy) is 1. The monoisotopic (exact) mass is 416 g/mol. The van der Waals surface area contributed by atoms with Gasteiger partial charge in [0.2, 0.25) is 10.0 Å². The van der Waals surface area contributed by atoms with Gasteiger partial charge in [-0.1, -0.05) is 6.07 Å². The molecule has 2 amide bonds. The van der Waals surface area contributed by atoms with Crippen molar-refractivity contribution in [2.24, 2.45) is 5.92 Å². The number of nitrogens with zero attached hydrogens (tertiary/aromatic N) is 2. The smallest absolute Gasteiger partial charge is 0.319 e. The van der Waals surface area contributed by atoms with Gasteiger partial charge in [-0.15, -0.1) is 0 Å². The molecule has 1 saturated carbocycles. The standard InChI is InChI=1S/C20H24N4O4S/c25-20(22-13-15-2-1-9-21-12-15)23-17-4-6-18(7-5-17)29(26,27)24-10-11-28-14-16-3-8-19(16)24/h1-2,4-7,9,12,16,19H,3,8,10-11,13-14H2,(H2,22,23,25). The maximum Gasteiger partial charge on any atom is 0.319 e. The zero-order chi connectivity index (χ0) is 20.3. The molecule has 29 heavy (non-hydrogen) atoms. The van der Waals surface area contributed by atoms with Crippen molar-refractivity contribution in [2.75, 3.05) is 25.1 Å². The molecule has 2 unspecified atom stereocenters. The van der Waals surface area contributed by atoms with Crippen LogP contribution in [0.2, 0.25) is 0 Å². The van der Waals surface area contributed by atoms with Crippen molar-refractivity contribution < 1.29 is 17.9 Å². The Kier molecular flexibility index (Phi) is 5.79. The summed E-state index contributed by atoms with van der Waals surface area (Å²) in [7, 11) is -3.59. The summed E-state index contributed by atoms with van der Waals surface area (Å²) in [6.07, 6.45) is 5.24. The zero-order valence-corrected chi connectivity index (χ0v) is 16.8. The molecule has 9 heteroatoms. The lowest BCUT2D eigenvalue weighted by Crippen LogP contribution is -2.50. The van der Waals surface area contributed by atoms with Gasteiger partial charge in [0.15, 0.2) is 0 Å². The van der Waals surface area contributed by atoms with Crippen molar-refractivity contribution in [3.8, 4) is 0 Å². The Morgan fingerprint density at radius 3 is 2.72 bits per heavy atom. The highest BCUT2D eigenvalue weighted by Crippen LogP contribution is 2.37. The molecule has 1 aliphatic heterocycles. The van der Waals surface area contributed by atoms with Crippen LogP contribution < -0.4 is 10.6 Å². The fourth-order valence-corrected chi connectivity index (χ4v) is 5.38. The third-order valence-corrected chi connectivity index (χ3v) is 7.37. The van der Waals surface area contributed by atoms with Crippen molar-refractivity contribution in [1.29, 1.82) is 0 Å². The minimum atomic E-state index is -3.59. The Morgan fingerprint density at radius 1 is 1.21 bits per heavy atom. The van der Waals surface area contributed by atoms with Crippen molar-refractivity contribution in [3.05, 3.63) is 54.4 Å². The van der Waals surface area contributed by atoms with Crippen LogP contribution in [0.3, 0.4) is 0 Å². The summed E-state index contributed by atoms with van der Waals surface area (Å²) in [5.41, 5.74) is 1.41. The Morgan fingerprint density at radius 2 is 2.03 bits per heavy atom. The minimum Gasteiger partial charge on any atom is -0.380 e. The van der Waals surface area contributed by atoms with Gasteiger partial charge in [0.05, 0.1) is 18.1 Å². The minimum absolute atomic E-state index is 0.0264. The Bertz CT molecular complexity index is 950. The van der Waals surface area contributed by atoms with Crippen molar-refractivity contribution in [1.82, 2.24) is 14.6 Å². The molecule has 4 rings (SSSR count). The Balaban J connectivity index is 1.38. The van der Waals surface area contributed by atoms with E-state index >= 15 is 0 Å². The number of carbonyl (C=O) groups is 1. The van der Waals surface area contributed by atoms with Crippen LogP contribution in [-0.4, -0.2) is 49.5 Å². The number of hydrogen-bond donors (Lipinski definition) is 2. The number of fused-ring (bicyclic) bond motifs is 1. The second kappa shape index (κ2) is 8.48. The molecular weight excluding hydrogens is 392 g/mol. The maximum atomic E-state index is 13.1. The number of urea groups is 1. The highest BCUT2D eigenvalue weighted by Gasteiger charge is 2.43. The number of benzene rings is 1. The molecule has 1 aromatic carbocycles. The van der Waals surface area contributed by atoms with E-state index in [4.69, 9.17) is 4.74 Å². The molecule has 2 fully saturated rings. The van der Waals surface area contributed by atoms with Crippen LogP contribution >= 0.6 is 0 Å². The van der Waals surface area contributed by atoms with Gasteiger partial charge in [-0.05, 0) is 54.7 Å². The molecule has 2 N–H and O–H groups in total. The first-order valence-corrected chi connectivity index (χ1v) is 11.1. The van der Waals surface area contributed by atoms with E-state index < -0.39 is 10.0 Å². The molecule has 0 radical (unpaired) electrons. The first-order valence-electron chi connectivity index (χ1n) is 9.67. The van der Waals surface area contributed by atoms with E-state index in [9.17, 15) is 13.2 Å². The average molecular weight is 417 g/mol. The largest absolute Gasteiger partial charge is 0.380 e. The van der Waals surface area contributed by atoms with Gasteiger partial charge in [-0.3, -0.25) is 4.98 Å². The van der Waals surface area contributed by atoms with Crippen LogP contribution in [0.5, 0.6) is 0 Å². The third-order valence-electron chi connectivity index (χ3n) is 5.43. The molecule has 2 heterocycles. The predicted molar refractivity (Wildman–Crippen MR) is 108 cm³/mol. The summed E-state index contributed by atoms with van der Waals surface area (Å²) >= 11 is 0. The number of nitrogens with one attached hydrogen (secondary N) is 2. The number of hydrogen-bond acceptors (Lipinski definition) is 5. The van der Waals surface area contributed by atoms with Crippen LogP contribution in [0.1, 0.15) is 18.4 Å². The highest BCUT2D eigenvalue weighted by atomic mass is 32.2. The number of pyridine rings is 1. The van der Waals surface area contributed by atoms with E-state index in [0.29, 0.717) is 32.0 Å². The molecular formula is C20H24N4O4S. The van der Waals surface area contributed by atoms with Crippen molar-refractivity contribution in [2.45, 2.75) is 30.3 Å². The van der Waals surface area contributed by atoms with Gasteiger partial charge in [0, 0.05) is 37.2 Å². The summed E-state index contributed by atoms with van der Waals surface area (Å²) in [6.45, 7) is 1.78.